The summed E-state index contributed by atoms with van der Waals surface area (Å²) in [6.45, 7) is 2.69. The van der Waals surface area contributed by atoms with Gasteiger partial charge in [-0.15, -0.1) is 0 Å². The molecule has 4 heteroatoms. The summed E-state index contributed by atoms with van der Waals surface area (Å²) >= 11 is 0. The average molecular weight is 203 g/mol. The Bertz CT molecular complexity index is 366. The molecule has 1 aromatic heterocycles. The molecule has 1 aliphatic rings. The summed E-state index contributed by atoms with van der Waals surface area (Å²) in [5.74, 6) is 0.991. The van der Waals surface area contributed by atoms with E-state index in [9.17, 15) is 0 Å². The smallest absolute Gasteiger partial charge is 0.231 e. The highest BCUT2D eigenvalue weighted by Gasteiger charge is 2.15. The Labute approximate surface area is 88.9 Å². The molecule has 15 heavy (non-hydrogen) atoms. The Hall–Kier alpha value is -1.60. The number of aromatic nitrogens is 1. The Morgan fingerprint density at radius 1 is 1.67 bits per heavy atom. The number of hydrogen-bond acceptors (Lipinski definition) is 4. The molecule has 0 unspecified atom stereocenters. The zero-order chi connectivity index (χ0) is 10.5. The van der Waals surface area contributed by atoms with E-state index in [4.69, 9.17) is 10.00 Å². The van der Waals surface area contributed by atoms with Crippen molar-refractivity contribution in [1.29, 1.82) is 5.26 Å². The topological polar surface area (TPSA) is 57.9 Å². The van der Waals surface area contributed by atoms with Gasteiger partial charge in [-0.05, 0) is 25.1 Å². The molecule has 2 heterocycles. The first-order valence-electron chi connectivity index (χ1n) is 5.09. The molecule has 0 amide bonds. The van der Waals surface area contributed by atoms with Gasteiger partial charge in [0.25, 0.3) is 0 Å². The molecule has 0 saturated carbocycles. The molecule has 0 bridgehead atoms. The summed E-state index contributed by atoms with van der Waals surface area (Å²) in [5, 5.41) is 12.1. The van der Waals surface area contributed by atoms with Gasteiger partial charge in [0, 0.05) is 18.7 Å². The first kappa shape index (κ1) is 9.94. The van der Waals surface area contributed by atoms with Crippen LogP contribution in [0.25, 0.3) is 0 Å². The fraction of sp³-hybridized carbons (Fsp3) is 0.455. The van der Waals surface area contributed by atoms with Gasteiger partial charge >= 0.3 is 0 Å². The minimum absolute atomic E-state index is 0.451. The molecular formula is C11H13N3O. The summed E-state index contributed by atoms with van der Waals surface area (Å²) in [6.07, 6.45) is 2.78. The highest BCUT2D eigenvalue weighted by atomic mass is 16.5. The third-order valence-electron chi connectivity index (χ3n) is 2.51. The first-order chi connectivity index (χ1) is 7.40. The van der Waals surface area contributed by atoms with E-state index in [2.05, 4.69) is 16.4 Å². The van der Waals surface area contributed by atoms with Crippen LogP contribution in [0.4, 0.5) is 0 Å². The number of nitriles is 1. The summed E-state index contributed by atoms with van der Waals surface area (Å²) in [5.41, 5.74) is 0.503. The van der Waals surface area contributed by atoms with Crippen molar-refractivity contribution in [2.75, 3.05) is 19.7 Å². The molecule has 1 saturated heterocycles. The second kappa shape index (κ2) is 4.76. The van der Waals surface area contributed by atoms with Crippen molar-refractivity contribution in [3.8, 4) is 11.9 Å². The monoisotopic (exact) mass is 203 g/mol. The van der Waals surface area contributed by atoms with Gasteiger partial charge in [0.05, 0.1) is 6.61 Å². The third kappa shape index (κ3) is 2.45. The van der Waals surface area contributed by atoms with Crippen LogP contribution in [0, 0.1) is 17.2 Å². The molecular weight excluding hydrogens is 190 g/mol. The van der Waals surface area contributed by atoms with E-state index in [0.717, 1.165) is 19.5 Å². The van der Waals surface area contributed by atoms with E-state index < -0.39 is 0 Å². The van der Waals surface area contributed by atoms with Gasteiger partial charge in [0.15, 0.2) is 0 Å². The largest absolute Gasteiger partial charge is 0.476 e. The molecule has 4 nitrogen and oxygen atoms in total. The van der Waals surface area contributed by atoms with Gasteiger partial charge in [0.2, 0.25) is 5.88 Å². The zero-order valence-electron chi connectivity index (χ0n) is 8.44. The van der Waals surface area contributed by atoms with Gasteiger partial charge in [-0.2, -0.15) is 5.26 Å². The van der Waals surface area contributed by atoms with Crippen molar-refractivity contribution >= 4 is 0 Å². The number of nitrogens with one attached hydrogen (secondary N) is 1. The van der Waals surface area contributed by atoms with Crippen molar-refractivity contribution in [3.05, 3.63) is 23.9 Å². The van der Waals surface area contributed by atoms with E-state index in [1.165, 1.54) is 0 Å². The minimum atomic E-state index is 0.451. The summed E-state index contributed by atoms with van der Waals surface area (Å²) in [7, 11) is 0. The number of rotatable bonds is 3. The highest BCUT2D eigenvalue weighted by molar-refractivity contribution is 5.36. The Kier molecular flexibility index (Phi) is 3.15. The molecule has 1 N–H and O–H groups in total. The van der Waals surface area contributed by atoms with Crippen LogP contribution in [0.5, 0.6) is 5.88 Å². The van der Waals surface area contributed by atoms with Crippen molar-refractivity contribution in [1.82, 2.24) is 10.3 Å². The van der Waals surface area contributed by atoms with Crippen LogP contribution in [0.3, 0.4) is 0 Å². The predicted molar refractivity (Wildman–Crippen MR) is 55.4 cm³/mol. The quantitative estimate of drug-likeness (QED) is 0.794. The van der Waals surface area contributed by atoms with E-state index in [1.54, 1.807) is 18.3 Å². The van der Waals surface area contributed by atoms with Crippen LogP contribution >= 0.6 is 0 Å². The number of ether oxygens (including phenoxy) is 1. The SMILES string of the molecule is N#Cc1cccnc1OC[C@H]1CCNC1. The summed E-state index contributed by atoms with van der Waals surface area (Å²) in [4.78, 5) is 4.05. The third-order valence-corrected chi connectivity index (χ3v) is 2.51. The maximum atomic E-state index is 8.83. The van der Waals surface area contributed by atoms with Crippen molar-refractivity contribution in [2.24, 2.45) is 5.92 Å². The van der Waals surface area contributed by atoms with E-state index in [1.807, 2.05) is 0 Å². The molecule has 1 atom stereocenters. The number of hydrogen-bond donors (Lipinski definition) is 1. The van der Waals surface area contributed by atoms with Crippen LogP contribution in [-0.2, 0) is 0 Å². The molecule has 0 radical (unpaired) electrons. The van der Waals surface area contributed by atoms with Gasteiger partial charge in [0.1, 0.15) is 11.6 Å². The lowest BCUT2D eigenvalue weighted by Crippen LogP contribution is -2.16. The fourth-order valence-corrected chi connectivity index (χ4v) is 1.64. The van der Waals surface area contributed by atoms with E-state index in [-0.39, 0.29) is 0 Å². The van der Waals surface area contributed by atoms with Gasteiger partial charge in [-0.3, -0.25) is 0 Å². The Balaban J connectivity index is 1.95. The van der Waals surface area contributed by atoms with Crippen LogP contribution in [0.15, 0.2) is 18.3 Å². The lowest BCUT2D eigenvalue weighted by Gasteiger charge is -2.10. The standard InChI is InChI=1S/C11H13N3O/c12-6-10-2-1-4-14-11(10)15-8-9-3-5-13-7-9/h1-2,4,9,13H,3,5,7-8H2/t9-/m0/s1. The van der Waals surface area contributed by atoms with Crippen LogP contribution < -0.4 is 10.1 Å². The zero-order valence-corrected chi connectivity index (χ0v) is 8.44. The maximum absolute atomic E-state index is 8.83. The molecule has 0 spiro atoms. The second-order valence-electron chi connectivity index (χ2n) is 3.64. The number of nitrogens with zero attached hydrogens (tertiary/aromatic N) is 2. The second-order valence-corrected chi connectivity index (χ2v) is 3.64. The normalized spacial score (nSPS) is 19.8. The van der Waals surface area contributed by atoms with E-state index >= 15 is 0 Å². The molecule has 2 rings (SSSR count). The molecule has 0 aromatic carbocycles. The highest BCUT2D eigenvalue weighted by Crippen LogP contribution is 2.15. The minimum Gasteiger partial charge on any atom is -0.476 e. The molecule has 0 aliphatic carbocycles. The first-order valence-corrected chi connectivity index (χ1v) is 5.09. The maximum Gasteiger partial charge on any atom is 0.231 e. The van der Waals surface area contributed by atoms with Gasteiger partial charge in [-0.25, -0.2) is 4.98 Å². The Morgan fingerprint density at radius 3 is 3.33 bits per heavy atom. The Morgan fingerprint density at radius 2 is 2.60 bits per heavy atom. The predicted octanol–water partition coefficient (Wildman–Crippen LogP) is 0.942. The van der Waals surface area contributed by atoms with Crippen molar-refractivity contribution in [3.63, 3.8) is 0 Å². The van der Waals surface area contributed by atoms with Crippen LogP contribution in [-0.4, -0.2) is 24.7 Å². The molecule has 78 valence electrons. The van der Waals surface area contributed by atoms with Crippen molar-refractivity contribution < 1.29 is 4.74 Å². The average Bonchev–Trinajstić information content (AvgIpc) is 2.79. The van der Waals surface area contributed by atoms with Crippen LogP contribution in [0.1, 0.15) is 12.0 Å². The lowest BCUT2D eigenvalue weighted by molar-refractivity contribution is 0.250. The molecule has 1 aromatic rings. The fourth-order valence-electron chi connectivity index (χ4n) is 1.64. The summed E-state index contributed by atoms with van der Waals surface area (Å²) < 4.78 is 5.54. The molecule has 1 aliphatic heterocycles. The van der Waals surface area contributed by atoms with Crippen molar-refractivity contribution in [2.45, 2.75) is 6.42 Å². The van der Waals surface area contributed by atoms with Gasteiger partial charge in [-0.1, -0.05) is 0 Å². The molecule has 1 fully saturated rings. The summed E-state index contributed by atoms with van der Waals surface area (Å²) in [6, 6.07) is 5.52. The lowest BCUT2D eigenvalue weighted by atomic mass is 10.1. The number of pyridine rings is 1. The van der Waals surface area contributed by atoms with E-state index in [0.29, 0.717) is 24.0 Å². The van der Waals surface area contributed by atoms with Crippen LogP contribution in [0.2, 0.25) is 0 Å². The van der Waals surface area contributed by atoms with Gasteiger partial charge < -0.3 is 10.1 Å².